The van der Waals surface area contributed by atoms with Crippen LogP contribution in [0.2, 0.25) is 0 Å². The lowest BCUT2D eigenvalue weighted by Crippen LogP contribution is -2.50. The van der Waals surface area contributed by atoms with E-state index in [-0.39, 0.29) is 18.5 Å². The zero-order chi connectivity index (χ0) is 13.5. The molecule has 18 heavy (non-hydrogen) atoms. The zero-order valence-corrected chi connectivity index (χ0v) is 11.1. The molecule has 1 aliphatic heterocycles. The highest BCUT2D eigenvalue weighted by atomic mass is 16.5. The fourth-order valence-electron chi connectivity index (χ4n) is 1.91. The monoisotopic (exact) mass is 258 g/mol. The van der Waals surface area contributed by atoms with Crippen LogP contribution in [-0.2, 0) is 9.53 Å². The van der Waals surface area contributed by atoms with Crippen molar-refractivity contribution in [3.63, 3.8) is 0 Å². The van der Waals surface area contributed by atoms with E-state index in [2.05, 4.69) is 0 Å². The number of carbonyl (C=O) groups excluding carboxylic acids is 1. The molecule has 1 N–H and O–H groups in total. The highest BCUT2D eigenvalue weighted by molar-refractivity contribution is 5.75. The Hall–Kier alpha value is -1.30. The Labute approximate surface area is 107 Å². The quantitative estimate of drug-likeness (QED) is 0.799. The number of rotatable bonds is 5. The van der Waals surface area contributed by atoms with Gasteiger partial charge >= 0.3 is 12.0 Å². The van der Waals surface area contributed by atoms with Crippen molar-refractivity contribution in [2.24, 2.45) is 0 Å². The Morgan fingerprint density at radius 1 is 1.33 bits per heavy atom. The van der Waals surface area contributed by atoms with E-state index < -0.39 is 5.97 Å². The minimum Gasteiger partial charge on any atom is -0.481 e. The van der Waals surface area contributed by atoms with Gasteiger partial charge in [0.2, 0.25) is 0 Å². The molecular weight excluding hydrogens is 236 g/mol. The highest BCUT2D eigenvalue weighted by Crippen LogP contribution is 2.09. The Balaban J connectivity index is 2.48. The molecule has 0 aliphatic carbocycles. The van der Waals surface area contributed by atoms with E-state index in [0.29, 0.717) is 39.3 Å². The van der Waals surface area contributed by atoms with Gasteiger partial charge in [0.05, 0.1) is 13.2 Å². The molecule has 0 bridgehead atoms. The SMILES string of the molecule is CC(C)N(CCCC(=O)O)C(=O)N1CCOCC1. The number of nitrogens with zero attached hydrogens (tertiary/aromatic N) is 2. The normalized spacial score (nSPS) is 15.8. The van der Waals surface area contributed by atoms with Gasteiger partial charge in [-0.1, -0.05) is 0 Å². The van der Waals surface area contributed by atoms with E-state index in [4.69, 9.17) is 9.84 Å². The van der Waals surface area contributed by atoms with E-state index in [0.717, 1.165) is 0 Å². The summed E-state index contributed by atoms with van der Waals surface area (Å²) in [6.07, 6.45) is 0.587. The zero-order valence-electron chi connectivity index (χ0n) is 11.1. The van der Waals surface area contributed by atoms with Crippen LogP contribution in [0.1, 0.15) is 26.7 Å². The molecule has 1 heterocycles. The molecule has 1 saturated heterocycles. The molecule has 104 valence electrons. The minimum atomic E-state index is -0.822. The number of urea groups is 1. The molecule has 0 spiro atoms. The van der Waals surface area contributed by atoms with Gasteiger partial charge in [-0.2, -0.15) is 0 Å². The summed E-state index contributed by atoms with van der Waals surface area (Å²) in [5.74, 6) is -0.822. The van der Waals surface area contributed by atoms with Crippen molar-refractivity contribution in [2.45, 2.75) is 32.7 Å². The second-order valence-corrected chi connectivity index (χ2v) is 4.67. The molecule has 2 amide bonds. The van der Waals surface area contributed by atoms with E-state index in [1.807, 2.05) is 13.8 Å². The van der Waals surface area contributed by atoms with Gasteiger partial charge in [0, 0.05) is 32.1 Å². The van der Waals surface area contributed by atoms with Crippen molar-refractivity contribution in [1.82, 2.24) is 9.80 Å². The lowest BCUT2D eigenvalue weighted by molar-refractivity contribution is -0.137. The number of ether oxygens (including phenoxy) is 1. The summed E-state index contributed by atoms with van der Waals surface area (Å²) in [6, 6.07) is 0.0628. The van der Waals surface area contributed by atoms with Crippen LogP contribution >= 0.6 is 0 Å². The topological polar surface area (TPSA) is 70.1 Å². The van der Waals surface area contributed by atoms with Crippen LogP contribution in [0, 0.1) is 0 Å². The Morgan fingerprint density at radius 3 is 2.44 bits per heavy atom. The Kier molecular flexibility index (Phi) is 5.91. The number of morpholine rings is 1. The van der Waals surface area contributed by atoms with Gasteiger partial charge in [-0.15, -0.1) is 0 Å². The molecule has 0 aromatic heterocycles. The largest absolute Gasteiger partial charge is 0.481 e. The first kappa shape index (κ1) is 14.8. The van der Waals surface area contributed by atoms with E-state index in [9.17, 15) is 9.59 Å². The van der Waals surface area contributed by atoms with Crippen molar-refractivity contribution in [3.8, 4) is 0 Å². The summed E-state index contributed by atoms with van der Waals surface area (Å²) in [6.45, 7) is 6.75. The van der Waals surface area contributed by atoms with Crippen LogP contribution in [-0.4, -0.2) is 65.8 Å². The van der Waals surface area contributed by atoms with Gasteiger partial charge in [0.15, 0.2) is 0 Å². The molecule has 0 radical (unpaired) electrons. The van der Waals surface area contributed by atoms with Gasteiger partial charge < -0.3 is 19.6 Å². The molecule has 0 unspecified atom stereocenters. The Morgan fingerprint density at radius 2 is 1.94 bits per heavy atom. The maximum absolute atomic E-state index is 12.3. The van der Waals surface area contributed by atoms with Gasteiger partial charge in [-0.3, -0.25) is 4.79 Å². The third-order valence-corrected chi connectivity index (χ3v) is 2.94. The van der Waals surface area contributed by atoms with Crippen molar-refractivity contribution < 1.29 is 19.4 Å². The van der Waals surface area contributed by atoms with Gasteiger partial charge in [-0.25, -0.2) is 4.79 Å². The fraction of sp³-hybridized carbons (Fsp3) is 0.833. The molecule has 1 fully saturated rings. The third-order valence-electron chi connectivity index (χ3n) is 2.94. The number of carboxylic acids is 1. The Bertz CT molecular complexity index is 288. The first-order valence-corrected chi connectivity index (χ1v) is 6.37. The van der Waals surface area contributed by atoms with Crippen molar-refractivity contribution >= 4 is 12.0 Å². The van der Waals surface area contributed by atoms with Crippen molar-refractivity contribution in [1.29, 1.82) is 0 Å². The molecule has 0 aromatic carbocycles. The molecule has 6 heteroatoms. The first-order valence-electron chi connectivity index (χ1n) is 6.37. The van der Waals surface area contributed by atoms with Gasteiger partial charge in [0.1, 0.15) is 0 Å². The molecule has 6 nitrogen and oxygen atoms in total. The van der Waals surface area contributed by atoms with E-state index in [1.165, 1.54) is 0 Å². The number of hydrogen-bond donors (Lipinski definition) is 1. The van der Waals surface area contributed by atoms with Crippen LogP contribution in [0.4, 0.5) is 4.79 Å². The number of aliphatic carboxylic acids is 1. The predicted molar refractivity (Wildman–Crippen MR) is 66.5 cm³/mol. The molecule has 0 atom stereocenters. The summed E-state index contributed by atoms with van der Waals surface area (Å²) >= 11 is 0. The van der Waals surface area contributed by atoms with Gasteiger partial charge in [0.25, 0.3) is 0 Å². The highest BCUT2D eigenvalue weighted by Gasteiger charge is 2.24. The standard InChI is InChI=1S/C12H22N2O4/c1-10(2)14(5-3-4-11(15)16)12(17)13-6-8-18-9-7-13/h10H,3-9H2,1-2H3,(H,15,16). The van der Waals surface area contributed by atoms with Crippen LogP contribution < -0.4 is 0 Å². The maximum Gasteiger partial charge on any atom is 0.320 e. The average Bonchev–Trinajstić information content (AvgIpc) is 2.34. The summed E-state index contributed by atoms with van der Waals surface area (Å²) in [5.41, 5.74) is 0. The van der Waals surface area contributed by atoms with E-state index >= 15 is 0 Å². The number of hydrogen-bond acceptors (Lipinski definition) is 3. The molecule has 1 rings (SSSR count). The summed E-state index contributed by atoms with van der Waals surface area (Å²) in [5, 5.41) is 8.62. The molecule has 1 aliphatic rings. The number of carboxylic acid groups (broad SMARTS) is 1. The van der Waals surface area contributed by atoms with Crippen molar-refractivity contribution in [2.75, 3.05) is 32.8 Å². The predicted octanol–water partition coefficient (Wildman–Crippen LogP) is 1.01. The lowest BCUT2D eigenvalue weighted by atomic mass is 10.2. The van der Waals surface area contributed by atoms with Gasteiger partial charge in [-0.05, 0) is 20.3 Å². The maximum atomic E-state index is 12.3. The van der Waals surface area contributed by atoms with E-state index in [1.54, 1.807) is 9.80 Å². The van der Waals surface area contributed by atoms with Crippen molar-refractivity contribution in [3.05, 3.63) is 0 Å². The minimum absolute atomic E-state index is 0.0151. The van der Waals surface area contributed by atoms with Crippen LogP contribution in [0.15, 0.2) is 0 Å². The fourth-order valence-corrected chi connectivity index (χ4v) is 1.91. The first-order chi connectivity index (χ1) is 8.52. The van der Waals surface area contributed by atoms with Crippen LogP contribution in [0.3, 0.4) is 0 Å². The number of carbonyl (C=O) groups is 2. The van der Waals surface area contributed by atoms with Crippen LogP contribution in [0.25, 0.3) is 0 Å². The molecule has 0 aromatic rings. The average molecular weight is 258 g/mol. The molecule has 0 saturated carbocycles. The summed E-state index contributed by atoms with van der Waals surface area (Å²) in [4.78, 5) is 26.3. The summed E-state index contributed by atoms with van der Waals surface area (Å²) in [7, 11) is 0. The second-order valence-electron chi connectivity index (χ2n) is 4.67. The molecular formula is C12H22N2O4. The third kappa shape index (κ3) is 4.52. The second kappa shape index (κ2) is 7.20. The smallest absolute Gasteiger partial charge is 0.320 e. The summed E-state index contributed by atoms with van der Waals surface area (Å²) < 4.78 is 5.21. The lowest BCUT2D eigenvalue weighted by Gasteiger charge is -2.35. The number of amides is 2. The van der Waals surface area contributed by atoms with Crippen LogP contribution in [0.5, 0.6) is 0 Å².